The van der Waals surface area contributed by atoms with Crippen LogP contribution in [0.1, 0.15) is 110 Å². The molecule has 2 aromatic heterocycles. The highest BCUT2D eigenvalue weighted by Crippen LogP contribution is 2.56. The van der Waals surface area contributed by atoms with Crippen LogP contribution in [0.25, 0.3) is 11.2 Å². The third-order valence-electron chi connectivity index (χ3n) is 10.2. The first-order valence-corrected chi connectivity index (χ1v) is 27.8. The highest BCUT2D eigenvalue weighted by atomic mass is 32.2. The number of carbonyl (C=O) groups is 3. The average Bonchev–Trinajstić information content (AvgIpc) is 3.84. The third-order valence-corrected chi connectivity index (χ3v) is 14.2. The van der Waals surface area contributed by atoms with E-state index in [9.17, 15) is 57.9 Å². The third kappa shape index (κ3) is 22.8. The molecule has 0 aliphatic carbocycles. The molecule has 0 saturated carbocycles. The van der Waals surface area contributed by atoms with Crippen LogP contribution in [0, 0.1) is 5.41 Å². The van der Waals surface area contributed by atoms with Gasteiger partial charge in [0, 0.05) is 37.1 Å². The van der Waals surface area contributed by atoms with Crippen LogP contribution < -0.4 is 35.9 Å². The number of aliphatic hydroxyl groups excluding tert-OH is 2. The lowest BCUT2D eigenvalue weighted by atomic mass is 9.87. The molecule has 2 amide bonds. The molecule has 0 aromatic carbocycles. The zero-order valence-corrected chi connectivity index (χ0v) is 42.4. The second-order valence-electron chi connectivity index (χ2n) is 16.5. The molecule has 24 nitrogen and oxygen atoms in total. The van der Waals surface area contributed by atoms with Gasteiger partial charge in [-0.1, -0.05) is 81.8 Å². The van der Waals surface area contributed by atoms with Crippen molar-refractivity contribution in [3.63, 3.8) is 0 Å². The number of ether oxygens (including phenoxy) is 1. The molecule has 7 atom stereocenters. The number of fused-ring (bicyclic) bond motifs is 1. The number of thioether (sulfide) groups is 1. The number of imidazole rings is 1. The summed E-state index contributed by atoms with van der Waals surface area (Å²) in [6, 6.07) is 0. The minimum atomic E-state index is -5.92. The molecule has 2 aromatic rings. The van der Waals surface area contributed by atoms with Gasteiger partial charge in [0.1, 0.15) is 36.3 Å². The Labute approximate surface area is 405 Å². The summed E-state index contributed by atoms with van der Waals surface area (Å²) in [5.74, 6) is -1.18. The lowest BCUT2D eigenvalue weighted by Gasteiger charge is -2.36. The molecule has 2 unspecified atom stereocenters. The van der Waals surface area contributed by atoms with E-state index in [1.54, 1.807) is 0 Å². The van der Waals surface area contributed by atoms with Crippen molar-refractivity contribution < 1.29 is 80.5 Å². The van der Waals surface area contributed by atoms with Gasteiger partial charge in [0.15, 0.2) is 22.8 Å². The first-order chi connectivity index (χ1) is 32.6. The van der Waals surface area contributed by atoms with Crippen molar-refractivity contribution in [2.24, 2.45) is 5.41 Å². The molecule has 6 N–H and O–H groups in total. The predicted molar refractivity (Wildman–Crippen MR) is 247 cm³/mol. The number of rotatable bonds is 34. The van der Waals surface area contributed by atoms with Crippen molar-refractivity contribution in [2.75, 3.05) is 37.8 Å². The molecule has 69 heavy (non-hydrogen) atoms. The van der Waals surface area contributed by atoms with E-state index in [0.29, 0.717) is 12.2 Å². The van der Waals surface area contributed by atoms with E-state index >= 15 is 0 Å². The quantitative estimate of drug-likeness (QED) is 0.0382. The van der Waals surface area contributed by atoms with Gasteiger partial charge in [0.05, 0.1) is 27.4 Å². The number of nitrogens with two attached hydrogens (primary N) is 1. The van der Waals surface area contributed by atoms with Crippen LogP contribution in [0.15, 0.2) is 49.1 Å². The molecule has 0 spiro atoms. The number of hydrogen-bond acceptors (Lipinski definition) is 22. The number of phosphoric acid groups is 3. The summed E-state index contributed by atoms with van der Waals surface area (Å²) < 4.78 is 60.8. The molecule has 0 bridgehead atoms. The Morgan fingerprint density at radius 2 is 1.52 bits per heavy atom. The largest absolute Gasteiger partial charge is 0.790 e. The number of phosphoric ester groups is 3. The molecule has 390 valence electrons. The maximum absolute atomic E-state index is 12.6. The highest BCUT2D eigenvalue weighted by Gasteiger charge is 2.47. The van der Waals surface area contributed by atoms with Gasteiger partial charge in [0.25, 0.3) is 15.6 Å². The van der Waals surface area contributed by atoms with Gasteiger partial charge < -0.3 is 69.0 Å². The van der Waals surface area contributed by atoms with E-state index in [4.69, 9.17) is 10.5 Å². The van der Waals surface area contributed by atoms with Crippen LogP contribution in [0.2, 0.25) is 0 Å². The van der Waals surface area contributed by atoms with Crippen LogP contribution in [0.3, 0.4) is 0 Å². The van der Waals surface area contributed by atoms with Crippen molar-refractivity contribution in [3.8, 4) is 0 Å². The number of unbranched alkanes of at least 4 members (excludes halogenated alkanes) is 7. The molecule has 0 radical (unpaired) electrons. The SMILES string of the molecule is CCCCC/C=C\C/C=C\CCCC/C=C\CCCC(=O)SCCNC(=O)CCNC(=O)[C@H](O)C(C)(C)COP(=O)([O-])OP(=O)([O-])OC[C@H]1O[C@@H](n2cnc3c(N)ncnc32)[C@H](O)[C@@H]1OP(=O)([O-])[O-]. The lowest BCUT2D eigenvalue weighted by Crippen LogP contribution is -2.46. The van der Waals surface area contributed by atoms with Crippen molar-refractivity contribution >= 4 is 69.1 Å². The van der Waals surface area contributed by atoms with Gasteiger partial charge in [-0.2, -0.15) is 0 Å². The summed E-state index contributed by atoms with van der Waals surface area (Å²) in [5.41, 5.74) is 4.08. The first kappa shape index (κ1) is 60.1. The van der Waals surface area contributed by atoms with Gasteiger partial charge in [-0.3, -0.25) is 28.1 Å². The Hall–Kier alpha value is -3.22. The summed E-state index contributed by atoms with van der Waals surface area (Å²) in [7, 11) is -17.6. The van der Waals surface area contributed by atoms with Gasteiger partial charge >= 0.3 is 0 Å². The Kier molecular flexibility index (Phi) is 26.1. The number of aromatic nitrogens is 4. The maximum Gasteiger partial charge on any atom is 0.274 e. The number of nitrogen functional groups attached to an aromatic ring is 1. The molecular weight excluding hydrogens is 987 g/mol. The van der Waals surface area contributed by atoms with Crippen LogP contribution in [0.5, 0.6) is 0 Å². The minimum absolute atomic E-state index is 0.0147. The van der Waals surface area contributed by atoms with E-state index in [1.165, 1.54) is 33.1 Å². The molecule has 1 fully saturated rings. The summed E-state index contributed by atoms with van der Waals surface area (Å²) in [5, 5.41) is 26.4. The standard InChI is InChI=1S/C41H68N7O17P3S/c1-4-5-6-7-8-9-10-11-12-13-14-15-16-17-18-19-20-21-32(50)69-25-24-43-31(49)22-23-44-39(53)36(52)41(2,3)27-62-68(59,60)65-67(57,58)61-26-30-35(64-66(54,55)56)34(51)40(63-30)48-29-47-33-37(42)45-28-46-38(33)48/h8-9,11-12,17-18,28-30,34-36,40,51-52H,4-7,10,13-16,19-27H2,1-3H3,(H,43,49)(H,44,53)(H,57,58)(H,59,60)(H2,42,45,46)(H2,54,55,56)/p-4/b9-8-,12-11-,18-17-/t30-,34-,35-,36+,40-/m1/s1. The van der Waals surface area contributed by atoms with Crippen molar-refractivity contribution in [1.29, 1.82) is 0 Å². The number of hydrogen-bond donors (Lipinski definition) is 5. The lowest BCUT2D eigenvalue weighted by molar-refractivity contribution is -0.347. The summed E-state index contributed by atoms with van der Waals surface area (Å²) >= 11 is 1.11. The second-order valence-corrected chi connectivity index (χ2v) is 21.7. The van der Waals surface area contributed by atoms with E-state index < -0.39 is 84.6 Å². The topological polar surface area (TPSA) is 375 Å². The number of nitrogens with zero attached hydrogens (tertiary/aromatic N) is 4. The van der Waals surface area contributed by atoms with E-state index in [0.717, 1.165) is 80.4 Å². The Morgan fingerprint density at radius 1 is 0.899 bits per heavy atom. The second kappa shape index (κ2) is 30.0. The zero-order valence-electron chi connectivity index (χ0n) is 38.9. The Morgan fingerprint density at radius 3 is 2.17 bits per heavy atom. The van der Waals surface area contributed by atoms with E-state index in [-0.39, 0.29) is 41.6 Å². The molecule has 1 aliphatic heterocycles. The average molecular weight is 1050 g/mol. The fourth-order valence-corrected chi connectivity index (χ4v) is 9.94. The fourth-order valence-electron chi connectivity index (χ4n) is 6.49. The van der Waals surface area contributed by atoms with Gasteiger partial charge in [-0.25, -0.2) is 19.3 Å². The van der Waals surface area contributed by atoms with Crippen LogP contribution >= 0.6 is 35.2 Å². The molecule has 1 saturated heterocycles. The number of amides is 2. The van der Waals surface area contributed by atoms with Gasteiger partial charge in [-0.15, -0.1) is 0 Å². The molecule has 3 heterocycles. The monoisotopic (exact) mass is 1050 g/mol. The van der Waals surface area contributed by atoms with Crippen LogP contribution in [0.4, 0.5) is 5.82 Å². The molecule has 3 rings (SSSR count). The van der Waals surface area contributed by atoms with Crippen LogP contribution in [-0.4, -0.2) is 103 Å². The molecular formula is C41H64N7O17P3S-4. The number of nitrogens with one attached hydrogen (secondary N) is 2. The first-order valence-electron chi connectivity index (χ1n) is 22.5. The number of aliphatic hydroxyl groups is 2. The Bertz CT molecular complexity index is 2170. The number of allylic oxidation sites excluding steroid dienone is 6. The number of carbonyl (C=O) groups excluding carboxylic acids is 3. The summed E-state index contributed by atoms with van der Waals surface area (Å²) in [6.45, 7) is 2.34. The minimum Gasteiger partial charge on any atom is -0.790 e. The van der Waals surface area contributed by atoms with E-state index in [1.807, 2.05) is 0 Å². The highest BCUT2D eigenvalue weighted by molar-refractivity contribution is 8.13. The fraction of sp³-hybridized carbons (Fsp3) is 0.659. The van der Waals surface area contributed by atoms with Crippen LogP contribution in [-0.2, 0) is 50.7 Å². The van der Waals surface area contributed by atoms with Crippen molar-refractivity contribution in [2.45, 2.75) is 135 Å². The summed E-state index contributed by atoms with van der Waals surface area (Å²) in [4.78, 5) is 96.9. The zero-order chi connectivity index (χ0) is 51.1. The number of anilines is 1. The Balaban J connectivity index is 1.29. The molecule has 28 heteroatoms. The normalized spacial score (nSPS) is 20.2. The van der Waals surface area contributed by atoms with E-state index in [2.05, 4.69) is 86.8 Å². The maximum atomic E-state index is 12.6. The predicted octanol–water partition coefficient (Wildman–Crippen LogP) is 2.51. The van der Waals surface area contributed by atoms with Crippen molar-refractivity contribution in [1.82, 2.24) is 30.2 Å². The van der Waals surface area contributed by atoms with Crippen molar-refractivity contribution in [3.05, 3.63) is 49.1 Å². The van der Waals surface area contributed by atoms with Gasteiger partial charge in [0.2, 0.25) is 11.8 Å². The summed E-state index contributed by atoms with van der Waals surface area (Å²) in [6.07, 6.45) is 17.8. The smallest absolute Gasteiger partial charge is 0.274 e. The molecule has 1 aliphatic rings. The van der Waals surface area contributed by atoms with Gasteiger partial charge in [-0.05, 0) is 57.8 Å².